The maximum absolute atomic E-state index is 5.78. The molecule has 3 N–H and O–H groups in total. The van der Waals surface area contributed by atoms with Gasteiger partial charge in [-0.25, -0.2) is 9.97 Å². The van der Waals surface area contributed by atoms with Crippen LogP contribution in [0.15, 0.2) is 6.07 Å². The van der Waals surface area contributed by atoms with E-state index in [4.69, 9.17) is 5.73 Å². The van der Waals surface area contributed by atoms with E-state index in [0.717, 1.165) is 11.6 Å². The fourth-order valence-corrected chi connectivity index (χ4v) is 1.25. The third-order valence-corrected chi connectivity index (χ3v) is 1.92. The van der Waals surface area contributed by atoms with Crippen LogP contribution >= 0.6 is 0 Å². The predicted octanol–water partition coefficient (Wildman–Crippen LogP) is 2.57. The van der Waals surface area contributed by atoms with Crippen molar-refractivity contribution >= 4 is 11.6 Å². The lowest BCUT2D eigenvalue weighted by Crippen LogP contribution is -2.28. The van der Waals surface area contributed by atoms with Gasteiger partial charge in [0.1, 0.15) is 17.5 Å². The van der Waals surface area contributed by atoms with E-state index in [2.05, 4.69) is 56.8 Å². The van der Waals surface area contributed by atoms with Gasteiger partial charge in [0.05, 0.1) is 0 Å². The van der Waals surface area contributed by atoms with E-state index in [1.165, 1.54) is 0 Å². The summed E-state index contributed by atoms with van der Waals surface area (Å²) >= 11 is 0. The number of nitrogen functional groups attached to an aromatic ring is 1. The zero-order valence-corrected chi connectivity index (χ0v) is 11.0. The summed E-state index contributed by atoms with van der Waals surface area (Å²) in [7, 11) is 0. The first-order valence-corrected chi connectivity index (χ1v) is 5.51. The SMILES string of the molecule is CC(C)(C)Nc1cc(N)nc(C(C)(C)C)n1. The van der Waals surface area contributed by atoms with Crippen molar-refractivity contribution in [1.29, 1.82) is 0 Å². The molecule has 0 saturated carbocycles. The molecule has 0 spiro atoms. The second-order valence-electron chi connectivity index (χ2n) is 6.13. The van der Waals surface area contributed by atoms with Crippen molar-refractivity contribution in [3.63, 3.8) is 0 Å². The van der Waals surface area contributed by atoms with Crippen LogP contribution in [0.1, 0.15) is 47.4 Å². The Bertz CT molecular complexity index is 372. The molecule has 16 heavy (non-hydrogen) atoms. The summed E-state index contributed by atoms with van der Waals surface area (Å²) in [6.07, 6.45) is 0. The highest BCUT2D eigenvalue weighted by atomic mass is 15.1. The van der Waals surface area contributed by atoms with Crippen LogP contribution in [-0.4, -0.2) is 15.5 Å². The van der Waals surface area contributed by atoms with Crippen LogP contribution in [-0.2, 0) is 5.41 Å². The Morgan fingerprint density at radius 2 is 1.62 bits per heavy atom. The number of aromatic nitrogens is 2. The molecule has 0 atom stereocenters. The molecular weight excluding hydrogens is 200 g/mol. The zero-order chi connectivity index (χ0) is 12.6. The number of rotatable bonds is 1. The molecule has 4 heteroatoms. The van der Waals surface area contributed by atoms with Crippen LogP contribution < -0.4 is 11.1 Å². The van der Waals surface area contributed by atoms with Gasteiger partial charge in [0.2, 0.25) is 0 Å². The van der Waals surface area contributed by atoms with Crippen LogP contribution in [0, 0.1) is 0 Å². The van der Waals surface area contributed by atoms with E-state index in [9.17, 15) is 0 Å². The molecule has 0 aromatic carbocycles. The maximum Gasteiger partial charge on any atom is 0.138 e. The highest BCUT2D eigenvalue weighted by Gasteiger charge is 2.19. The van der Waals surface area contributed by atoms with Crippen molar-refractivity contribution in [2.75, 3.05) is 11.1 Å². The molecule has 0 aliphatic heterocycles. The summed E-state index contributed by atoms with van der Waals surface area (Å²) in [6, 6.07) is 1.76. The van der Waals surface area contributed by atoms with Gasteiger partial charge in [0.25, 0.3) is 0 Å². The molecule has 0 unspecified atom stereocenters. The van der Waals surface area contributed by atoms with Crippen LogP contribution in [0.3, 0.4) is 0 Å². The van der Waals surface area contributed by atoms with E-state index >= 15 is 0 Å². The minimum absolute atomic E-state index is 0.0318. The van der Waals surface area contributed by atoms with Gasteiger partial charge >= 0.3 is 0 Å². The van der Waals surface area contributed by atoms with Gasteiger partial charge in [-0.15, -0.1) is 0 Å². The molecule has 4 nitrogen and oxygen atoms in total. The quantitative estimate of drug-likeness (QED) is 0.766. The normalized spacial score (nSPS) is 12.6. The summed E-state index contributed by atoms with van der Waals surface area (Å²) in [5, 5.41) is 3.30. The molecule has 0 bridgehead atoms. The summed E-state index contributed by atoms with van der Waals surface area (Å²) in [5.74, 6) is 2.05. The predicted molar refractivity (Wildman–Crippen MR) is 68.5 cm³/mol. The number of nitrogens with zero attached hydrogens (tertiary/aromatic N) is 2. The average Bonchev–Trinajstić information content (AvgIpc) is 1.97. The zero-order valence-electron chi connectivity index (χ0n) is 11.0. The molecule has 90 valence electrons. The highest BCUT2D eigenvalue weighted by Crippen LogP contribution is 2.22. The van der Waals surface area contributed by atoms with Crippen LogP contribution in [0.2, 0.25) is 0 Å². The molecule has 0 fully saturated rings. The van der Waals surface area contributed by atoms with Crippen molar-refractivity contribution < 1.29 is 0 Å². The molecule has 1 aromatic rings. The molecule has 0 saturated heterocycles. The third kappa shape index (κ3) is 3.68. The van der Waals surface area contributed by atoms with Crippen LogP contribution in [0.5, 0.6) is 0 Å². The average molecular weight is 222 g/mol. The topological polar surface area (TPSA) is 63.8 Å². The Kier molecular flexibility index (Phi) is 3.13. The van der Waals surface area contributed by atoms with E-state index in [-0.39, 0.29) is 11.0 Å². The lowest BCUT2D eigenvalue weighted by molar-refractivity contribution is 0.544. The van der Waals surface area contributed by atoms with Crippen LogP contribution in [0.4, 0.5) is 11.6 Å². The third-order valence-electron chi connectivity index (χ3n) is 1.92. The largest absolute Gasteiger partial charge is 0.384 e. The fraction of sp³-hybridized carbons (Fsp3) is 0.667. The first-order chi connectivity index (χ1) is 7.08. The van der Waals surface area contributed by atoms with E-state index < -0.39 is 0 Å². The first kappa shape index (κ1) is 12.7. The van der Waals surface area contributed by atoms with Crippen molar-refractivity contribution in [3.8, 4) is 0 Å². The Hall–Kier alpha value is -1.32. The van der Waals surface area contributed by atoms with Gasteiger partial charge in [0.15, 0.2) is 0 Å². The molecule has 0 radical (unpaired) electrons. The minimum Gasteiger partial charge on any atom is -0.384 e. The summed E-state index contributed by atoms with van der Waals surface area (Å²) in [5.41, 5.74) is 5.66. The highest BCUT2D eigenvalue weighted by molar-refractivity contribution is 5.46. The fourth-order valence-electron chi connectivity index (χ4n) is 1.25. The van der Waals surface area contributed by atoms with Crippen molar-refractivity contribution in [1.82, 2.24) is 9.97 Å². The lowest BCUT2D eigenvalue weighted by atomic mass is 9.96. The number of hydrogen-bond acceptors (Lipinski definition) is 4. The van der Waals surface area contributed by atoms with Crippen molar-refractivity contribution in [2.24, 2.45) is 0 Å². The Morgan fingerprint density at radius 3 is 2.06 bits per heavy atom. The van der Waals surface area contributed by atoms with Gasteiger partial charge in [0, 0.05) is 17.0 Å². The Morgan fingerprint density at radius 1 is 1.06 bits per heavy atom. The second kappa shape index (κ2) is 3.92. The Labute approximate surface area is 97.7 Å². The van der Waals surface area contributed by atoms with Crippen molar-refractivity contribution in [3.05, 3.63) is 11.9 Å². The van der Waals surface area contributed by atoms with Crippen LogP contribution in [0.25, 0.3) is 0 Å². The monoisotopic (exact) mass is 222 g/mol. The van der Waals surface area contributed by atoms with E-state index in [1.54, 1.807) is 6.07 Å². The Balaban J connectivity index is 3.09. The molecule has 0 aliphatic rings. The maximum atomic E-state index is 5.78. The van der Waals surface area contributed by atoms with Gasteiger partial charge < -0.3 is 11.1 Å². The summed E-state index contributed by atoms with van der Waals surface area (Å²) in [4.78, 5) is 8.75. The summed E-state index contributed by atoms with van der Waals surface area (Å²) in [6.45, 7) is 12.5. The minimum atomic E-state index is -0.0936. The molecule has 1 rings (SSSR count). The van der Waals surface area contributed by atoms with Gasteiger partial charge in [-0.2, -0.15) is 0 Å². The molecule has 1 aromatic heterocycles. The number of nitrogens with one attached hydrogen (secondary N) is 1. The lowest BCUT2D eigenvalue weighted by Gasteiger charge is -2.23. The number of hydrogen-bond donors (Lipinski definition) is 2. The number of nitrogens with two attached hydrogens (primary N) is 1. The number of anilines is 2. The molecule has 1 heterocycles. The smallest absolute Gasteiger partial charge is 0.138 e. The second-order valence-corrected chi connectivity index (χ2v) is 6.13. The standard InChI is InChI=1S/C12H22N4/c1-11(2,3)10-14-8(13)7-9(15-10)16-12(4,5)6/h7H,1-6H3,(H3,13,14,15,16). The summed E-state index contributed by atoms with van der Waals surface area (Å²) < 4.78 is 0. The van der Waals surface area contributed by atoms with Crippen molar-refractivity contribution in [2.45, 2.75) is 52.5 Å². The van der Waals surface area contributed by atoms with Gasteiger partial charge in [-0.05, 0) is 20.8 Å². The van der Waals surface area contributed by atoms with Gasteiger partial charge in [-0.1, -0.05) is 20.8 Å². The van der Waals surface area contributed by atoms with E-state index in [0.29, 0.717) is 5.82 Å². The molecule has 0 aliphatic carbocycles. The first-order valence-electron chi connectivity index (χ1n) is 5.51. The van der Waals surface area contributed by atoms with Gasteiger partial charge in [-0.3, -0.25) is 0 Å². The molecule has 0 amide bonds. The molecular formula is C12H22N4. The van der Waals surface area contributed by atoms with E-state index in [1.807, 2.05) is 0 Å².